The number of hydrogen-bond donors (Lipinski definition) is 1. The molecule has 0 aliphatic rings. The second-order valence-corrected chi connectivity index (χ2v) is 6.45. The van der Waals surface area contributed by atoms with Crippen molar-refractivity contribution in [3.63, 3.8) is 0 Å². The van der Waals surface area contributed by atoms with Crippen molar-refractivity contribution in [3.8, 4) is 0 Å². The average Bonchev–Trinajstić information content (AvgIpc) is 2.96. The molecule has 8 nitrogen and oxygen atoms in total. The van der Waals surface area contributed by atoms with Crippen LogP contribution in [0.1, 0.15) is 25.6 Å². The van der Waals surface area contributed by atoms with Gasteiger partial charge in [-0.1, -0.05) is 43.8 Å². The third-order valence-electron chi connectivity index (χ3n) is 3.28. The fourth-order valence-corrected chi connectivity index (χ4v) is 2.94. The van der Waals surface area contributed by atoms with Gasteiger partial charge in [-0.2, -0.15) is 0 Å². The molecule has 0 unspecified atom stereocenters. The van der Waals surface area contributed by atoms with Gasteiger partial charge in [0.15, 0.2) is 5.16 Å². The first-order chi connectivity index (χ1) is 11.9. The lowest BCUT2D eigenvalue weighted by atomic mass is 10.2. The summed E-state index contributed by atoms with van der Waals surface area (Å²) in [5, 5.41) is 22.4. The van der Waals surface area contributed by atoms with E-state index in [-0.39, 0.29) is 29.0 Å². The molecule has 0 radical (unpaired) electrons. The summed E-state index contributed by atoms with van der Waals surface area (Å²) >= 11 is 1.23. The van der Waals surface area contributed by atoms with Crippen LogP contribution in [0.3, 0.4) is 0 Å². The van der Waals surface area contributed by atoms with E-state index in [1.165, 1.54) is 23.9 Å². The van der Waals surface area contributed by atoms with Crippen LogP contribution < -0.4 is 5.32 Å². The Bertz CT molecular complexity index is 788. The zero-order valence-electron chi connectivity index (χ0n) is 14.0. The molecular formula is C16H19N5O3S. The molecule has 0 saturated carbocycles. The van der Waals surface area contributed by atoms with E-state index >= 15 is 0 Å². The molecule has 9 heteroatoms. The van der Waals surface area contributed by atoms with Crippen LogP contribution in [-0.4, -0.2) is 31.3 Å². The maximum absolute atomic E-state index is 12.1. The normalized spacial score (nSPS) is 10.7. The lowest BCUT2D eigenvalue weighted by Gasteiger charge is -2.09. The van der Waals surface area contributed by atoms with E-state index in [0.29, 0.717) is 11.7 Å². The fraction of sp³-hybridized carbons (Fsp3) is 0.312. The minimum absolute atomic E-state index is 0.0689. The van der Waals surface area contributed by atoms with Gasteiger partial charge in [-0.25, -0.2) is 0 Å². The Balaban J connectivity index is 2.06. The van der Waals surface area contributed by atoms with E-state index in [2.05, 4.69) is 22.1 Å². The van der Waals surface area contributed by atoms with E-state index in [4.69, 9.17) is 0 Å². The van der Waals surface area contributed by atoms with Gasteiger partial charge in [0.25, 0.3) is 5.69 Å². The molecule has 0 aliphatic heterocycles. The zero-order valence-corrected chi connectivity index (χ0v) is 14.8. The Morgan fingerprint density at radius 3 is 2.80 bits per heavy atom. The van der Waals surface area contributed by atoms with Crippen LogP contribution in [0.15, 0.2) is 42.1 Å². The number of carbonyl (C=O) groups excluding carboxylic acids is 1. The summed E-state index contributed by atoms with van der Waals surface area (Å²) < 4.78 is 1.90. The first-order valence-electron chi connectivity index (χ1n) is 7.64. The van der Waals surface area contributed by atoms with Crippen molar-refractivity contribution in [1.82, 2.24) is 14.8 Å². The lowest BCUT2D eigenvalue weighted by Crippen LogP contribution is -2.15. The number of carbonyl (C=O) groups is 1. The number of rotatable bonds is 8. The number of amides is 1. The number of benzene rings is 1. The molecule has 1 amide bonds. The quantitative estimate of drug-likeness (QED) is 0.335. The van der Waals surface area contributed by atoms with Crippen LogP contribution >= 0.6 is 11.8 Å². The second kappa shape index (κ2) is 8.43. The molecule has 0 bridgehead atoms. The van der Waals surface area contributed by atoms with E-state index in [1.807, 2.05) is 18.4 Å². The van der Waals surface area contributed by atoms with Crippen molar-refractivity contribution >= 4 is 29.0 Å². The zero-order chi connectivity index (χ0) is 18.4. The third kappa shape index (κ3) is 4.66. The van der Waals surface area contributed by atoms with Crippen molar-refractivity contribution < 1.29 is 9.72 Å². The lowest BCUT2D eigenvalue weighted by molar-refractivity contribution is -0.383. The summed E-state index contributed by atoms with van der Waals surface area (Å²) in [6, 6.07) is 6.02. The van der Waals surface area contributed by atoms with Crippen molar-refractivity contribution in [2.45, 2.75) is 31.5 Å². The number of nitrogens with one attached hydrogen (secondary N) is 1. The standard InChI is InChI=1S/C16H19N5O3S/c1-4-9-20-15(11(2)3)18-19-16(20)25-10-14(22)17-12-7-5-6-8-13(12)21(23)24/h4-8,11H,1,9-10H2,2-3H3,(H,17,22). The predicted molar refractivity (Wildman–Crippen MR) is 96.8 cm³/mol. The van der Waals surface area contributed by atoms with Gasteiger partial charge in [-0.3, -0.25) is 14.9 Å². The van der Waals surface area contributed by atoms with Gasteiger partial charge in [0, 0.05) is 18.5 Å². The first kappa shape index (κ1) is 18.7. The van der Waals surface area contributed by atoms with Gasteiger partial charge in [0.2, 0.25) is 5.91 Å². The second-order valence-electron chi connectivity index (χ2n) is 5.51. The van der Waals surface area contributed by atoms with Crippen molar-refractivity contribution in [3.05, 3.63) is 52.9 Å². The van der Waals surface area contributed by atoms with Crippen LogP contribution in [0.4, 0.5) is 11.4 Å². The minimum atomic E-state index is -0.529. The van der Waals surface area contributed by atoms with E-state index in [1.54, 1.807) is 18.2 Å². The molecule has 0 saturated heterocycles. The van der Waals surface area contributed by atoms with E-state index in [9.17, 15) is 14.9 Å². The van der Waals surface area contributed by atoms with Crippen LogP contribution in [0, 0.1) is 10.1 Å². The maximum Gasteiger partial charge on any atom is 0.292 e. The number of thioether (sulfide) groups is 1. The number of aromatic nitrogens is 3. The van der Waals surface area contributed by atoms with Gasteiger partial charge >= 0.3 is 0 Å². The average molecular weight is 361 g/mol. The van der Waals surface area contributed by atoms with E-state index in [0.717, 1.165) is 5.82 Å². The molecule has 0 spiro atoms. The summed E-state index contributed by atoms with van der Waals surface area (Å²) in [5.41, 5.74) is 0.0336. The van der Waals surface area contributed by atoms with Crippen LogP contribution in [0.25, 0.3) is 0 Å². The number of anilines is 1. The Hall–Kier alpha value is -2.68. The van der Waals surface area contributed by atoms with Crippen molar-refractivity contribution in [2.75, 3.05) is 11.1 Å². The fourth-order valence-electron chi connectivity index (χ4n) is 2.19. The molecule has 1 heterocycles. The molecule has 1 N–H and O–H groups in total. The smallest absolute Gasteiger partial charge is 0.292 e. The highest BCUT2D eigenvalue weighted by atomic mass is 32.2. The number of nitro benzene ring substituents is 1. The number of allylic oxidation sites excluding steroid dienone is 1. The van der Waals surface area contributed by atoms with Crippen LogP contribution in [-0.2, 0) is 11.3 Å². The van der Waals surface area contributed by atoms with Gasteiger partial charge in [-0.15, -0.1) is 16.8 Å². The van der Waals surface area contributed by atoms with Crippen molar-refractivity contribution in [1.29, 1.82) is 0 Å². The van der Waals surface area contributed by atoms with Gasteiger partial charge in [-0.05, 0) is 6.07 Å². The highest BCUT2D eigenvalue weighted by Gasteiger charge is 2.18. The Morgan fingerprint density at radius 2 is 2.16 bits per heavy atom. The first-order valence-corrected chi connectivity index (χ1v) is 8.62. The van der Waals surface area contributed by atoms with E-state index < -0.39 is 4.92 Å². The summed E-state index contributed by atoms with van der Waals surface area (Å²) in [6.07, 6.45) is 1.74. The van der Waals surface area contributed by atoms with Gasteiger partial charge < -0.3 is 9.88 Å². The summed E-state index contributed by atoms with van der Waals surface area (Å²) in [5.74, 6) is 0.738. The Morgan fingerprint density at radius 1 is 1.44 bits per heavy atom. The molecule has 1 aromatic heterocycles. The Labute approximate surface area is 149 Å². The molecule has 132 valence electrons. The number of para-hydroxylation sites is 2. The molecule has 2 aromatic rings. The topological polar surface area (TPSA) is 103 Å². The van der Waals surface area contributed by atoms with Gasteiger partial charge in [0.05, 0.1) is 10.7 Å². The minimum Gasteiger partial charge on any atom is -0.320 e. The maximum atomic E-state index is 12.1. The SMILES string of the molecule is C=CCn1c(SCC(=O)Nc2ccccc2[N+](=O)[O-])nnc1C(C)C. The summed E-state index contributed by atoms with van der Waals surface area (Å²) in [4.78, 5) is 22.6. The number of nitrogens with zero attached hydrogens (tertiary/aromatic N) is 4. The third-order valence-corrected chi connectivity index (χ3v) is 4.25. The van der Waals surface area contributed by atoms with Gasteiger partial charge in [0.1, 0.15) is 11.5 Å². The molecule has 0 atom stereocenters. The van der Waals surface area contributed by atoms with Crippen LogP contribution in [0.5, 0.6) is 0 Å². The Kier molecular flexibility index (Phi) is 6.29. The summed E-state index contributed by atoms with van der Waals surface area (Å²) in [6.45, 7) is 8.30. The highest BCUT2D eigenvalue weighted by molar-refractivity contribution is 7.99. The summed E-state index contributed by atoms with van der Waals surface area (Å²) in [7, 11) is 0. The molecule has 2 rings (SSSR count). The molecule has 1 aromatic carbocycles. The molecule has 0 aliphatic carbocycles. The molecule has 0 fully saturated rings. The predicted octanol–water partition coefficient (Wildman–Crippen LogP) is 3.23. The molecular weight excluding hydrogens is 342 g/mol. The number of nitro groups is 1. The van der Waals surface area contributed by atoms with Crippen LogP contribution in [0.2, 0.25) is 0 Å². The molecule has 25 heavy (non-hydrogen) atoms. The highest BCUT2D eigenvalue weighted by Crippen LogP contribution is 2.25. The monoisotopic (exact) mass is 361 g/mol. The largest absolute Gasteiger partial charge is 0.320 e. The van der Waals surface area contributed by atoms with Crippen molar-refractivity contribution in [2.24, 2.45) is 0 Å². The number of hydrogen-bond acceptors (Lipinski definition) is 6.